The first-order valence-corrected chi connectivity index (χ1v) is 8.64. The van der Waals surface area contributed by atoms with Gasteiger partial charge < -0.3 is 5.32 Å². The molecular formula is C17H14FN3O2S. The molecule has 2 N–H and O–H groups in total. The normalized spacial score (nSPS) is 11.9. The summed E-state index contributed by atoms with van der Waals surface area (Å²) in [5.41, 5.74) is 2.04. The number of aromatic amines is 1. The molecule has 3 rings (SSSR count). The second kappa shape index (κ2) is 6.76. The van der Waals surface area contributed by atoms with Crippen molar-refractivity contribution in [1.29, 1.82) is 0 Å². The number of amides is 1. The van der Waals surface area contributed by atoms with Crippen LogP contribution in [0.5, 0.6) is 0 Å². The highest BCUT2D eigenvalue weighted by Crippen LogP contribution is 2.23. The third-order valence-electron chi connectivity index (χ3n) is 3.44. The van der Waals surface area contributed by atoms with Crippen LogP contribution in [0, 0.1) is 5.82 Å². The van der Waals surface area contributed by atoms with Crippen LogP contribution in [0.15, 0.2) is 59.6 Å². The Bertz CT molecular complexity index is 906. The summed E-state index contributed by atoms with van der Waals surface area (Å²) in [7, 11) is -1.13. The fourth-order valence-electron chi connectivity index (χ4n) is 2.25. The second-order valence-corrected chi connectivity index (χ2v) is 6.48. The van der Waals surface area contributed by atoms with Gasteiger partial charge in [-0.2, -0.15) is 5.10 Å². The van der Waals surface area contributed by atoms with Gasteiger partial charge in [0.05, 0.1) is 17.5 Å². The summed E-state index contributed by atoms with van der Waals surface area (Å²) in [6.45, 7) is 0. The molecule has 0 aliphatic heterocycles. The lowest BCUT2D eigenvalue weighted by molar-refractivity contribution is 0.102. The third-order valence-corrected chi connectivity index (χ3v) is 4.36. The first-order valence-electron chi connectivity index (χ1n) is 7.09. The van der Waals surface area contributed by atoms with Crippen LogP contribution < -0.4 is 5.32 Å². The number of nitrogens with one attached hydrogen (secondary N) is 2. The predicted molar refractivity (Wildman–Crippen MR) is 90.7 cm³/mol. The van der Waals surface area contributed by atoms with Gasteiger partial charge >= 0.3 is 0 Å². The highest BCUT2D eigenvalue weighted by Gasteiger charge is 2.16. The number of anilines is 1. The molecule has 24 heavy (non-hydrogen) atoms. The Morgan fingerprint density at radius 2 is 1.96 bits per heavy atom. The van der Waals surface area contributed by atoms with Crippen LogP contribution in [0.2, 0.25) is 0 Å². The minimum absolute atomic E-state index is 0.338. The van der Waals surface area contributed by atoms with E-state index in [1.807, 2.05) is 0 Å². The number of benzene rings is 2. The maximum absolute atomic E-state index is 13.0. The van der Waals surface area contributed by atoms with E-state index in [2.05, 4.69) is 15.5 Å². The zero-order valence-electron chi connectivity index (χ0n) is 12.7. The molecule has 0 radical (unpaired) electrons. The van der Waals surface area contributed by atoms with Gasteiger partial charge in [0.1, 0.15) is 5.82 Å². The molecule has 7 heteroatoms. The van der Waals surface area contributed by atoms with Crippen LogP contribution in [0.4, 0.5) is 10.1 Å². The smallest absolute Gasteiger partial charge is 0.259 e. The number of H-pyrrole nitrogens is 1. The first-order chi connectivity index (χ1) is 11.5. The van der Waals surface area contributed by atoms with Crippen LogP contribution in [0.1, 0.15) is 10.4 Å². The zero-order chi connectivity index (χ0) is 17.1. The van der Waals surface area contributed by atoms with Crippen molar-refractivity contribution in [1.82, 2.24) is 10.2 Å². The Balaban J connectivity index is 1.86. The number of carbonyl (C=O) groups excluding carboxylic acids is 1. The fourth-order valence-corrected chi connectivity index (χ4v) is 2.81. The summed E-state index contributed by atoms with van der Waals surface area (Å²) in [6.07, 6.45) is 2.99. The molecule has 5 nitrogen and oxygen atoms in total. The van der Waals surface area contributed by atoms with Gasteiger partial charge in [-0.15, -0.1) is 0 Å². The van der Waals surface area contributed by atoms with Crippen LogP contribution in [0.3, 0.4) is 0 Å². The molecule has 122 valence electrons. The molecule has 1 unspecified atom stereocenters. The molecule has 1 aromatic heterocycles. The van der Waals surface area contributed by atoms with Gasteiger partial charge in [0, 0.05) is 33.2 Å². The van der Waals surface area contributed by atoms with E-state index in [-0.39, 0.29) is 11.7 Å². The minimum atomic E-state index is -1.13. The van der Waals surface area contributed by atoms with Crippen molar-refractivity contribution in [2.24, 2.45) is 0 Å². The molecule has 0 bridgehead atoms. The SMILES string of the molecule is CS(=O)c1cccc(NC(=O)c2cn[nH]c2-c2ccc(F)cc2)c1. The van der Waals surface area contributed by atoms with E-state index in [4.69, 9.17) is 0 Å². The minimum Gasteiger partial charge on any atom is -0.322 e. The molecule has 0 saturated carbocycles. The van der Waals surface area contributed by atoms with E-state index in [1.165, 1.54) is 18.3 Å². The van der Waals surface area contributed by atoms with Crippen molar-refractivity contribution in [2.75, 3.05) is 11.6 Å². The Labute approximate surface area is 140 Å². The van der Waals surface area contributed by atoms with E-state index >= 15 is 0 Å². The lowest BCUT2D eigenvalue weighted by atomic mass is 10.1. The van der Waals surface area contributed by atoms with Gasteiger partial charge in [0.15, 0.2) is 0 Å². The molecule has 0 fully saturated rings. The Morgan fingerprint density at radius 3 is 2.67 bits per heavy atom. The van der Waals surface area contributed by atoms with Gasteiger partial charge in [-0.25, -0.2) is 4.39 Å². The molecule has 1 atom stereocenters. The molecule has 0 aliphatic rings. The highest BCUT2D eigenvalue weighted by molar-refractivity contribution is 7.84. The lowest BCUT2D eigenvalue weighted by Crippen LogP contribution is -2.12. The molecule has 2 aromatic carbocycles. The van der Waals surface area contributed by atoms with Gasteiger partial charge in [0.25, 0.3) is 5.91 Å². The lowest BCUT2D eigenvalue weighted by Gasteiger charge is -2.07. The predicted octanol–water partition coefficient (Wildman–Crippen LogP) is 3.21. The standard InChI is InChI=1S/C17H14FN3O2S/c1-24(23)14-4-2-3-13(9-14)20-17(22)15-10-19-21-16(15)11-5-7-12(18)8-6-11/h2-10H,1H3,(H,19,21)(H,20,22). The zero-order valence-corrected chi connectivity index (χ0v) is 13.6. The Morgan fingerprint density at radius 1 is 1.21 bits per heavy atom. The number of hydrogen-bond acceptors (Lipinski definition) is 3. The summed E-state index contributed by atoms with van der Waals surface area (Å²) in [6, 6.07) is 12.6. The summed E-state index contributed by atoms with van der Waals surface area (Å²) < 4.78 is 24.6. The second-order valence-electron chi connectivity index (χ2n) is 5.10. The van der Waals surface area contributed by atoms with Crippen molar-refractivity contribution >= 4 is 22.4 Å². The average molecular weight is 343 g/mol. The monoisotopic (exact) mass is 343 g/mol. The van der Waals surface area contributed by atoms with Crippen molar-refractivity contribution in [3.05, 3.63) is 66.1 Å². The highest BCUT2D eigenvalue weighted by atomic mass is 32.2. The van der Waals surface area contributed by atoms with Crippen LogP contribution in [-0.2, 0) is 10.8 Å². The largest absolute Gasteiger partial charge is 0.322 e. The summed E-state index contributed by atoms with van der Waals surface area (Å²) in [4.78, 5) is 13.1. The number of aromatic nitrogens is 2. The van der Waals surface area contributed by atoms with E-state index in [9.17, 15) is 13.4 Å². The topological polar surface area (TPSA) is 74.8 Å². The quantitative estimate of drug-likeness (QED) is 0.764. The maximum Gasteiger partial charge on any atom is 0.259 e. The van der Waals surface area contributed by atoms with E-state index in [1.54, 1.807) is 42.7 Å². The summed E-state index contributed by atoms with van der Waals surface area (Å²) >= 11 is 0. The van der Waals surface area contributed by atoms with Gasteiger partial charge in [-0.05, 0) is 42.5 Å². The molecular weight excluding hydrogens is 329 g/mol. The molecule has 1 amide bonds. The average Bonchev–Trinajstić information content (AvgIpc) is 3.05. The molecule has 3 aromatic rings. The van der Waals surface area contributed by atoms with Crippen molar-refractivity contribution in [3.63, 3.8) is 0 Å². The van der Waals surface area contributed by atoms with Crippen molar-refractivity contribution < 1.29 is 13.4 Å². The number of carbonyl (C=O) groups is 1. The van der Waals surface area contributed by atoms with Crippen LogP contribution in [0.25, 0.3) is 11.3 Å². The summed E-state index contributed by atoms with van der Waals surface area (Å²) in [5.74, 6) is -0.712. The number of nitrogens with zero attached hydrogens (tertiary/aromatic N) is 1. The van der Waals surface area contributed by atoms with Crippen LogP contribution >= 0.6 is 0 Å². The molecule has 0 spiro atoms. The van der Waals surface area contributed by atoms with E-state index in [0.717, 1.165) is 0 Å². The van der Waals surface area contributed by atoms with Crippen molar-refractivity contribution in [2.45, 2.75) is 4.90 Å². The van der Waals surface area contributed by atoms with E-state index in [0.29, 0.717) is 27.4 Å². The summed E-state index contributed by atoms with van der Waals surface area (Å²) in [5, 5.41) is 9.41. The molecule has 1 heterocycles. The molecule has 0 saturated heterocycles. The third kappa shape index (κ3) is 3.41. The van der Waals surface area contributed by atoms with Gasteiger partial charge in [0.2, 0.25) is 0 Å². The van der Waals surface area contributed by atoms with Gasteiger partial charge in [-0.1, -0.05) is 6.07 Å². The van der Waals surface area contributed by atoms with Crippen LogP contribution in [-0.4, -0.2) is 26.6 Å². The number of rotatable bonds is 4. The van der Waals surface area contributed by atoms with E-state index < -0.39 is 10.8 Å². The number of hydrogen-bond donors (Lipinski definition) is 2. The van der Waals surface area contributed by atoms with Crippen molar-refractivity contribution in [3.8, 4) is 11.3 Å². The Hall–Kier alpha value is -2.80. The number of halogens is 1. The maximum atomic E-state index is 13.0. The van der Waals surface area contributed by atoms with Gasteiger partial charge in [-0.3, -0.25) is 14.1 Å². The fraction of sp³-hybridized carbons (Fsp3) is 0.0588. The molecule has 0 aliphatic carbocycles. The Kier molecular flexibility index (Phi) is 4.52. The first kappa shape index (κ1) is 16.1.